The molecule has 1 aromatic heterocycles. The van der Waals surface area contributed by atoms with Crippen molar-refractivity contribution < 1.29 is 4.79 Å². The summed E-state index contributed by atoms with van der Waals surface area (Å²) in [4.78, 5) is 17.0. The number of aryl methyl sites for hydroxylation is 1. The van der Waals surface area contributed by atoms with Crippen LogP contribution in [-0.4, -0.2) is 28.9 Å². The third kappa shape index (κ3) is 2.55. The molecule has 0 bridgehead atoms. The molecule has 2 aromatic rings. The summed E-state index contributed by atoms with van der Waals surface area (Å²) in [5.74, 6) is 0.204. The number of rotatable bonds is 4. The zero-order valence-electron chi connectivity index (χ0n) is 11.2. The van der Waals surface area contributed by atoms with E-state index in [1.165, 1.54) is 10.9 Å². The summed E-state index contributed by atoms with van der Waals surface area (Å²) in [7, 11) is 1.86. The number of nitrogens with one attached hydrogen (secondary N) is 1. The second-order valence-electron chi connectivity index (χ2n) is 4.96. The molecule has 1 amide bonds. The van der Waals surface area contributed by atoms with E-state index in [-0.39, 0.29) is 11.9 Å². The third-order valence-electron chi connectivity index (χ3n) is 3.45. The van der Waals surface area contributed by atoms with E-state index >= 15 is 0 Å². The van der Waals surface area contributed by atoms with Gasteiger partial charge in [-0.05, 0) is 31.9 Å². The highest BCUT2D eigenvalue weighted by Gasteiger charge is 2.12. The average Bonchev–Trinajstić information content (AvgIpc) is 2.78. The van der Waals surface area contributed by atoms with Crippen LogP contribution in [-0.2, 0) is 11.2 Å². The van der Waals surface area contributed by atoms with Crippen LogP contribution in [0.5, 0.6) is 0 Å². The highest BCUT2D eigenvalue weighted by Crippen LogP contribution is 2.19. The molecule has 3 heteroatoms. The largest absolute Gasteiger partial charge is 0.361 e. The first-order valence-corrected chi connectivity index (χ1v) is 6.40. The Hall–Kier alpha value is -1.77. The monoisotopic (exact) mass is 244 g/mol. The summed E-state index contributed by atoms with van der Waals surface area (Å²) in [5, 5.41) is 1.22. The Bertz CT molecular complexity index is 542. The van der Waals surface area contributed by atoms with Gasteiger partial charge in [0, 0.05) is 36.6 Å². The Kier molecular flexibility index (Phi) is 3.70. The van der Waals surface area contributed by atoms with E-state index in [1.54, 1.807) is 4.90 Å². The second kappa shape index (κ2) is 5.25. The number of para-hydroxylation sites is 1. The first kappa shape index (κ1) is 12.7. The van der Waals surface area contributed by atoms with Crippen LogP contribution >= 0.6 is 0 Å². The number of aromatic nitrogens is 1. The van der Waals surface area contributed by atoms with E-state index in [1.807, 2.05) is 39.2 Å². The van der Waals surface area contributed by atoms with Crippen LogP contribution in [0.2, 0.25) is 0 Å². The molecule has 3 nitrogen and oxygen atoms in total. The fourth-order valence-electron chi connectivity index (χ4n) is 2.04. The zero-order valence-corrected chi connectivity index (χ0v) is 11.2. The number of H-pyrrole nitrogens is 1. The molecule has 96 valence electrons. The summed E-state index contributed by atoms with van der Waals surface area (Å²) in [6.45, 7) is 4.06. The zero-order chi connectivity index (χ0) is 13.1. The third-order valence-corrected chi connectivity index (χ3v) is 3.45. The molecule has 0 radical (unpaired) electrons. The van der Waals surface area contributed by atoms with Crippen molar-refractivity contribution in [2.45, 2.75) is 32.7 Å². The van der Waals surface area contributed by atoms with Crippen molar-refractivity contribution in [3.05, 3.63) is 36.0 Å². The lowest BCUT2D eigenvalue weighted by atomic mass is 10.1. The van der Waals surface area contributed by atoms with Crippen molar-refractivity contribution in [2.24, 2.45) is 0 Å². The number of hydrogen-bond donors (Lipinski definition) is 1. The molecule has 0 saturated carbocycles. The smallest absolute Gasteiger partial charge is 0.222 e. The van der Waals surface area contributed by atoms with E-state index in [0.29, 0.717) is 6.42 Å². The molecule has 0 saturated heterocycles. The fourth-order valence-corrected chi connectivity index (χ4v) is 2.04. The van der Waals surface area contributed by atoms with Crippen LogP contribution in [0.15, 0.2) is 30.5 Å². The Morgan fingerprint density at radius 3 is 2.78 bits per heavy atom. The maximum atomic E-state index is 11.9. The predicted molar refractivity (Wildman–Crippen MR) is 74.5 cm³/mol. The lowest BCUT2D eigenvalue weighted by molar-refractivity contribution is -0.131. The van der Waals surface area contributed by atoms with Gasteiger partial charge < -0.3 is 9.88 Å². The molecule has 0 atom stereocenters. The standard InChI is InChI=1S/C15H20N2O/c1-11(2)17(3)15(18)9-8-12-10-16-14-7-5-4-6-13(12)14/h4-7,10-11,16H,8-9H2,1-3H3. The minimum atomic E-state index is 0.204. The van der Waals surface area contributed by atoms with Gasteiger partial charge >= 0.3 is 0 Å². The van der Waals surface area contributed by atoms with Crippen LogP contribution in [0.25, 0.3) is 10.9 Å². The molecule has 18 heavy (non-hydrogen) atoms. The summed E-state index contributed by atoms with van der Waals surface area (Å²) >= 11 is 0. The quantitative estimate of drug-likeness (QED) is 0.882. The summed E-state index contributed by atoms with van der Waals surface area (Å²) in [5.41, 5.74) is 2.35. The Labute approximate surface area is 108 Å². The molecule has 0 fully saturated rings. The maximum Gasteiger partial charge on any atom is 0.222 e. The number of fused-ring (bicyclic) bond motifs is 1. The number of carbonyl (C=O) groups is 1. The van der Waals surface area contributed by atoms with E-state index in [9.17, 15) is 4.79 Å². The van der Waals surface area contributed by atoms with Gasteiger partial charge in [-0.1, -0.05) is 18.2 Å². The van der Waals surface area contributed by atoms with Crippen molar-refractivity contribution >= 4 is 16.8 Å². The highest BCUT2D eigenvalue weighted by molar-refractivity contribution is 5.84. The molecule has 1 N–H and O–H groups in total. The predicted octanol–water partition coefficient (Wildman–Crippen LogP) is 2.97. The van der Waals surface area contributed by atoms with Crippen LogP contribution in [0.3, 0.4) is 0 Å². The van der Waals surface area contributed by atoms with E-state index in [2.05, 4.69) is 17.1 Å². The van der Waals surface area contributed by atoms with E-state index in [0.717, 1.165) is 11.9 Å². The molecule has 2 rings (SSSR count). The van der Waals surface area contributed by atoms with Crippen LogP contribution < -0.4 is 0 Å². The van der Waals surface area contributed by atoms with E-state index < -0.39 is 0 Å². The number of carbonyl (C=O) groups excluding carboxylic acids is 1. The number of hydrogen-bond acceptors (Lipinski definition) is 1. The van der Waals surface area contributed by atoms with Crippen molar-refractivity contribution in [1.82, 2.24) is 9.88 Å². The molecule has 0 aliphatic rings. The van der Waals surface area contributed by atoms with Gasteiger partial charge in [-0.2, -0.15) is 0 Å². The molecule has 1 aromatic carbocycles. The van der Waals surface area contributed by atoms with Crippen LogP contribution in [0.4, 0.5) is 0 Å². The number of nitrogens with zero attached hydrogens (tertiary/aromatic N) is 1. The van der Waals surface area contributed by atoms with Gasteiger partial charge in [0.15, 0.2) is 0 Å². The highest BCUT2D eigenvalue weighted by atomic mass is 16.2. The van der Waals surface area contributed by atoms with Gasteiger partial charge in [-0.3, -0.25) is 4.79 Å². The molecule has 1 heterocycles. The number of aromatic amines is 1. The average molecular weight is 244 g/mol. The number of amides is 1. The number of benzene rings is 1. The van der Waals surface area contributed by atoms with Gasteiger partial charge in [-0.15, -0.1) is 0 Å². The fraction of sp³-hybridized carbons (Fsp3) is 0.400. The lowest BCUT2D eigenvalue weighted by Gasteiger charge is -2.21. The Morgan fingerprint density at radius 2 is 2.06 bits per heavy atom. The molecule has 0 aliphatic carbocycles. The Morgan fingerprint density at radius 1 is 1.33 bits per heavy atom. The van der Waals surface area contributed by atoms with Crippen molar-refractivity contribution in [3.8, 4) is 0 Å². The lowest BCUT2D eigenvalue weighted by Crippen LogP contribution is -2.33. The molecule has 0 aliphatic heterocycles. The molecule has 0 unspecified atom stereocenters. The van der Waals surface area contributed by atoms with Crippen LogP contribution in [0, 0.1) is 0 Å². The summed E-state index contributed by atoms with van der Waals surface area (Å²) in [6, 6.07) is 8.46. The molecular weight excluding hydrogens is 224 g/mol. The van der Waals surface area contributed by atoms with Gasteiger partial charge in [0.2, 0.25) is 5.91 Å². The van der Waals surface area contributed by atoms with Gasteiger partial charge in [0.25, 0.3) is 0 Å². The minimum Gasteiger partial charge on any atom is -0.361 e. The van der Waals surface area contributed by atoms with Gasteiger partial charge in [-0.25, -0.2) is 0 Å². The maximum absolute atomic E-state index is 11.9. The topological polar surface area (TPSA) is 36.1 Å². The van der Waals surface area contributed by atoms with E-state index in [4.69, 9.17) is 0 Å². The normalized spacial score (nSPS) is 11.1. The second-order valence-corrected chi connectivity index (χ2v) is 4.96. The first-order valence-electron chi connectivity index (χ1n) is 6.40. The van der Waals surface area contributed by atoms with Crippen molar-refractivity contribution in [3.63, 3.8) is 0 Å². The summed E-state index contributed by atoms with van der Waals surface area (Å²) in [6.07, 6.45) is 3.36. The van der Waals surface area contributed by atoms with Gasteiger partial charge in [0.05, 0.1) is 0 Å². The first-order chi connectivity index (χ1) is 8.59. The SMILES string of the molecule is CC(C)N(C)C(=O)CCc1c[nH]c2ccccc12. The van der Waals surface area contributed by atoms with Crippen LogP contribution in [0.1, 0.15) is 25.8 Å². The molecule has 0 spiro atoms. The Balaban J connectivity index is 2.04. The van der Waals surface area contributed by atoms with Crippen molar-refractivity contribution in [2.75, 3.05) is 7.05 Å². The van der Waals surface area contributed by atoms with Gasteiger partial charge in [0.1, 0.15) is 0 Å². The van der Waals surface area contributed by atoms with Crippen molar-refractivity contribution in [1.29, 1.82) is 0 Å². The minimum absolute atomic E-state index is 0.204. The summed E-state index contributed by atoms with van der Waals surface area (Å²) < 4.78 is 0. The molecular formula is C15H20N2O.